The van der Waals surface area contributed by atoms with Crippen LogP contribution < -0.4 is 20.3 Å². The molecule has 6 rings (SSSR count). The number of phenols is 3. The molecule has 0 spiro atoms. The molecule has 0 aliphatic rings. The van der Waals surface area contributed by atoms with Crippen LogP contribution in [0.15, 0.2) is 60.9 Å². The predicted octanol–water partition coefficient (Wildman–Crippen LogP) is 5.62. The highest BCUT2D eigenvalue weighted by atomic mass is 16.5. The van der Waals surface area contributed by atoms with E-state index in [1.807, 2.05) is 0 Å². The van der Waals surface area contributed by atoms with Gasteiger partial charge in [0.1, 0.15) is 56.6 Å². The number of fused-ring (bicyclic) bond motifs is 6. The minimum absolute atomic E-state index is 0.0169. The van der Waals surface area contributed by atoms with Crippen LogP contribution in [0.2, 0.25) is 0 Å². The van der Waals surface area contributed by atoms with Crippen molar-refractivity contribution in [3.05, 3.63) is 74.4 Å². The summed E-state index contributed by atoms with van der Waals surface area (Å²) in [7, 11) is 2.93. The summed E-state index contributed by atoms with van der Waals surface area (Å²) < 4.78 is 22.9. The van der Waals surface area contributed by atoms with Gasteiger partial charge in [-0.05, 0) is 43.5 Å². The number of aryl methyl sites for hydroxylation is 2. The molecule has 0 atom stereocenters. The molecule has 39 heavy (non-hydrogen) atoms. The van der Waals surface area contributed by atoms with E-state index in [4.69, 9.17) is 18.3 Å². The van der Waals surface area contributed by atoms with Gasteiger partial charge in [-0.25, -0.2) is 0 Å². The molecule has 9 nitrogen and oxygen atoms in total. The third kappa shape index (κ3) is 3.47. The van der Waals surface area contributed by atoms with Gasteiger partial charge in [0.25, 0.3) is 0 Å². The minimum atomic E-state index is -0.482. The molecule has 4 aromatic carbocycles. The van der Waals surface area contributed by atoms with E-state index in [1.165, 1.54) is 44.6 Å². The highest BCUT2D eigenvalue weighted by Crippen LogP contribution is 2.50. The fraction of sp³-hybridized carbons (Fsp3) is 0.133. The van der Waals surface area contributed by atoms with Gasteiger partial charge < -0.3 is 33.6 Å². The Morgan fingerprint density at radius 3 is 1.97 bits per heavy atom. The summed E-state index contributed by atoms with van der Waals surface area (Å²) in [5.74, 6) is 0.412. The van der Waals surface area contributed by atoms with E-state index in [2.05, 4.69) is 0 Å². The van der Waals surface area contributed by atoms with E-state index in [0.29, 0.717) is 44.6 Å². The number of hydrogen-bond acceptors (Lipinski definition) is 9. The Kier molecular flexibility index (Phi) is 5.22. The lowest BCUT2D eigenvalue weighted by Crippen LogP contribution is -2.03. The van der Waals surface area contributed by atoms with Crippen LogP contribution in [0.3, 0.4) is 0 Å². The summed E-state index contributed by atoms with van der Waals surface area (Å²) in [4.78, 5) is 25.8. The molecule has 0 radical (unpaired) electrons. The van der Waals surface area contributed by atoms with Crippen LogP contribution in [0.25, 0.3) is 54.6 Å². The molecule has 0 saturated carbocycles. The fourth-order valence-electron chi connectivity index (χ4n) is 5.22. The maximum Gasteiger partial charge on any atom is 0.196 e. The molecular weight excluding hydrogens is 504 g/mol. The molecule has 196 valence electrons. The van der Waals surface area contributed by atoms with Gasteiger partial charge in [-0.2, -0.15) is 0 Å². The quantitative estimate of drug-likeness (QED) is 0.251. The Balaban J connectivity index is 1.87. The summed E-state index contributed by atoms with van der Waals surface area (Å²) >= 11 is 0. The normalized spacial score (nSPS) is 11.6. The molecule has 0 saturated heterocycles. The lowest BCUT2D eigenvalue weighted by atomic mass is 9.91. The lowest BCUT2D eigenvalue weighted by Gasteiger charge is -2.18. The number of hydrogen-bond donors (Lipinski definition) is 3. The van der Waals surface area contributed by atoms with Gasteiger partial charge in [-0.3, -0.25) is 9.59 Å². The number of rotatable bonds is 3. The van der Waals surface area contributed by atoms with E-state index in [1.54, 1.807) is 26.0 Å². The maximum absolute atomic E-state index is 13.1. The Hall–Kier alpha value is -5.18. The number of phenolic OH excluding ortho intramolecular Hbond substituents is 3. The fourth-order valence-corrected chi connectivity index (χ4v) is 5.22. The van der Waals surface area contributed by atoms with Crippen LogP contribution in [0.1, 0.15) is 11.5 Å². The molecular formula is C30H22O9. The zero-order valence-corrected chi connectivity index (χ0v) is 21.3. The average Bonchev–Trinajstić information content (AvgIpc) is 2.87. The average molecular weight is 526 g/mol. The molecule has 2 heterocycles. The summed E-state index contributed by atoms with van der Waals surface area (Å²) in [6, 6.07) is 10.1. The van der Waals surface area contributed by atoms with E-state index in [0.717, 1.165) is 0 Å². The Labute approximate surface area is 219 Å². The molecule has 0 unspecified atom stereocenters. The number of benzene rings is 4. The van der Waals surface area contributed by atoms with E-state index in [9.17, 15) is 24.9 Å². The van der Waals surface area contributed by atoms with E-state index >= 15 is 0 Å². The highest BCUT2D eigenvalue weighted by molar-refractivity contribution is 6.19. The van der Waals surface area contributed by atoms with Crippen molar-refractivity contribution in [2.45, 2.75) is 13.8 Å². The molecule has 3 N–H and O–H groups in total. The smallest absolute Gasteiger partial charge is 0.196 e. The number of methoxy groups -OCH3 is 2. The van der Waals surface area contributed by atoms with Gasteiger partial charge in [0.2, 0.25) is 0 Å². The second-order valence-corrected chi connectivity index (χ2v) is 9.31. The zero-order chi connectivity index (χ0) is 27.7. The maximum atomic E-state index is 13.1. The van der Waals surface area contributed by atoms with Crippen molar-refractivity contribution >= 4 is 43.5 Å². The molecule has 9 heteroatoms. The van der Waals surface area contributed by atoms with Crippen molar-refractivity contribution in [2.75, 3.05) is 14.2 Å². The first-order chi connectivity index (χ1) is 18.6. The Morgan fingerprint density at radius 1 is 0.667 bits per heavy atom. The largest absolute Gasteiger partial charge is 0.507 e. The van der Waals surface area contributed by atoms with Crippen molar-refractivity contribution in [1.29, 1.82) is 0 Å². The van der Waals surface area contributed by atoms with Crippen LogP contribution in [0.4, 0.5) is 0 Å². The van der Waals surface area contributed by atoms with Crippen molar-refractivity contribution in [1.82, 2.24) is 0 Å². The third-order valence-corrected chi connectivity index (χ3v) is 6.87. The van der Waals surface area contributed by atoms with Crippen molar-refractivity contribution in [3.8, 4) is 39.9 Å². The van der Waals surface area contributed by atoms with E-state index < -0.39 is 16.6 Å². The van der Waals surface area contributed by atoms with Gasteiger partial charge in [-0.1, -0.05) is 0 Å². The van der Waals surface area contributed by atoms with Gasteiger partial charge in [0, 0.05) is 40.1 Å². The van der Waals surface area contributed by atoms with Crippen molar-refractivity contribution in [3.63, 3.8) is 0 Å². The summed E-state index contributed by atoms with van der Waals surface area (Å²) in [5.41, 5.74) is -0.423. The third-order valence-electron chi connectivity index (χ3n) is 6.87. The molecule has 0 fully saturated rings. The Morgan fingerprint density at radius 2 is 1.31 bits per heavy atom. The van der Waals surface area contributed by atoms with Crippen LogP contribution in [0.5, 0.6) is 28.7 Å². The van der Waals surface area contributed by atoms with Crippen LogP contribution in [0, 0.1) is 13.8 Å². The van der Waals surface area contributed by atoms with Gasteiger partial charge in [0.15, 0.2) is 16.4 Å². The lowest BCUT2D eigenvalue weighted by molar-refractivity contribution is 0.397. The molecule has 2 aromatic heterocycles. The first kappa shape index (κ1) is 24.2. The molecule has 0 aliphatic carbocycles. The monoisotopic (exact) mass is 526 g/mol. The van der Waals surface area contributed by atoms with Crippen LogP contribution in [-0.2, 0) is 0 Å². The second kappa shape index (κ2) is 8.42. The molecule has 0 aliphatic heterocycles. The molecule has 6 aromatic rings. The Bertz CT molecular complexity index is 2130. The summed E-state index contributed by atoms with van der Waals surface area (Å²) in [6.07, 6.45) is 0. The highest BCUT2D eigenvalue weighted by Gasteiger charge is 2.26. The second-order valence-electron chi connectivity index (χ2n) is 9.31. The van der Waals surface area contributed by atoms with Crippen LogP contribution in [-0.4, -0.2) is 29.5 Å². The number of aromatic hydroxyl groups is 3. The standard InChI is InChI=1S/C30H22O9/c1-12-5-20(32)26-22(34)8-14-7-19(31)17(11-16(14)29(26)38-12)24-18-9-15(36-3)10-23(37-4)25(18)30-27(28(24)35)21(33)6-13(2)39-30/h5-11,31,34-35H,1-4H3. The zero-order valence-electron chi connectivity index (χ0n) is 21.3. The van der Waals surface area contributed by atoms with Gasteiger partial charge in [0.05, 0.1) is 19.6 Å². The van der Waals surface area contributed by atoms with E-state index in [-0.39, 0.29) is 44.6 Å². The number of ether oxygens (including phenoxy) is 2. The first-order valence-electron chi connectivity index (χ1n) is 11.9. The first-order valence-corrected chi connectivity index (χ1v) is 11.9. The minimum Gasteiger partial charge on any atom is -0.507 e. The van der Waals surface area contributed by atoms with Gasteiger partial charge in [-0.15, -0.1) is 0 Å². The molecule has 0 amide bonds. The van der Waals surface area contributed by atoms with Crippen molar-refractivity contribution < 1.29 is 33.6 Å². The van der Waals surface area contributed by atoms with Crippen LogP contribution >= 0.6 is 0 Å². The van der Waals surface area contributed by atoms with Gasteiger partial charge >= 0.3 is 0 Å². The summed E-state index contributed by atoms with van der Waals surface area (Å²) in [5, 5.41) is 34.8. The molecule has 0 bridgehead atoms. The predicted molar refractivity (Wildman–Crippen MR) is 147 cm³/mol. The summed E-state index contributed by atoms with van der Waals surface area (Å²) in [6.45, 7) is 3.24. The topological polar surface area (TPSA) is 140 Å². The van der Waals surface area contributed by atoms with Crippen molar-refractivity contribution in [2.24, 2.45) is 0 Å². The SMILES string of the molecule is COc1cc(OC)c2c(c1)c(-c1cc3c(cc1O)cc(O)c1c(=O)cc(C)oc13)c(O)c1c(=O)cc(C)oc12.